The molecule has 0 radical (unpaired) electrons. The molecule has 0 unspecified atom stereocenters. The van der Waals surface area contributed by atoms with Crippen molar-refractivity contribution in [3.63, 3.8) is 0 Å². The molecular weight excluding hydrogens is 224 g/mol. The monoisotopic (exact) mass is 242 g/mol. The van der Waals surface area contributed by atoms with Gasteiger partial charge >= 0.3 is 11.9 Å². The Bertz CT molecular complexity index is 362. The molecule has 17 heavy (non-hydrogen) atoms. The fraction of sp³-hybridized carbons (Fsp3) is 0.667. The van der Waals surface area contributed by atoms with Gasteiger partial charge in [-0.2, -0.15) is 5.26 Å². The lowest BCUT2D eigenvalue weighted by molar-refractivity contribution is -0.253. The Morgan fingerprint density at radius 2 is 1.94 bits per heavy atom. The van der Waals surface area contributed by atoms with Crippen LogP contribution in [0.25, 0.3) is 0 Å². The van der Waals surface area contributed by atoms with E-state index in [1.165, 1.54) is 7.11 Å². The van der Waals surface area contributed by atoms with Gasteiger partial charge in [0.25, 0.3) is 0 Å². The normalized spacial score (nSPS) is 36.4. The maximum absolute atomic E-state index is 12.0. The van der Waals surface area contributed by atoms with Gasteiger partial charge in [-0.25, -0.2) is 4.79 Å². The van der Waals surface area contributed by atoms with E-state index in [0.717, 1.165) is 0 Å². The first-order valence-corrected chi connectivity index (χ1v) is 5.45. The first-order valence-electron chi connectivity index (χ1n) is 5.45. The molecule has 0 saturated heterocycles. The van der Waals surface area contributed by atoms with Crippen molar-refractivity contribution in [3.05, 3.63) is 12.2 Å². The lowest BCUT2D eigenvalue weighted by atomic mass is 9.55. The van der Waals surface area contributed by atoms with Gasteiger partial charge in [-0.15, -0.1) is 0 Å². The summed E-state index contributed by atoms with van der Waals surface area (Å²) >= 11 is 0. The topological polar surface area (TPSA) is 72.8 Å². The Labute approximate surface area is 100 Å². The van der Waals surface area contributed by atoms with Gasteiger partial charge in [0.05, 0.1) is 17.9 Å². The summed E-state index contributed by atoms with van der Waals surface area (Å²) in [5.74, 6) is -1.49. The number of methoxy groups -OCH3 is 1. The maximum atomic E-state index is 12.0. The predicted octanol–water partition coefficient (Wildman–Crippen LogP) is 1.78. The zero-order valence-corrected chi connectivity index (χ0v) is 10.5. The van der Waals surface area contributed by atoms with Crippen LogP contribution in [0.4, 0.5) is 0 Å². The lowest BCUT2D eigenvalue weighted by Crippen LogP contribution is -2.54. The van der Waals surface area contributed by atoms with Gasteiger partial charge in [0.15, 0.2) is 0 Å². The molecule has 0 bridgehead atoms. The lowest BCUT2D eigenvalue weighted by Gasteiger charge is -2.46. The van der Waals surface area contributed by atoms with E-state index in [1.54, 1.807) is 13.8 Å². The summed E-state index contributed by atoms with van der Waals surface area (Å²) in [6.07, 6.45) is 4.00. The van der Waals surface area contributed by atoms with E-state index in [4.69, 9.17) is 9.99 Å². The Balaban J connectivity index is 3.32. The summed E-state index contributed by atoms with van der Waals surface area (Å²) in [6.45, 7) is 5.09. The van der Waals surface area contributed by atoms with E-state index in [-0.39, 0.29) is 5.92 Å². The molecule has 1 N–H and O–H groups in total. The van der Waals surface area contributed by atoms with E-state index in [2.05, 4.69) is 4.89 Å². The van der Waals surface area contributed by atoms with Crippen molar-refractivity contribution in [2.75, 3.05) is 7.11 Å². The molecule has 0 heterocycles. The van der Waals surface area contributed by atoms with Crippen LogP contribution in [-0.2, 0) is 19.2 Å². The molecule has 0 spiro atoms. The van der Waals surface area contributed by atoms with Gasteiger partial charge in [-0.1, -0.05) is 19.1 Å². The fourth-order valence-corrected chi connectivity index (χ4v) is 2.43. The third kappa shape index (κ3) is 1.74. The van der Waals surface area contributed by atoms with Gasteiger partial charge in [0, 0.05) is 0 Å². The highest BCUT2D eigenvalue weighted by Crippen LogP contribution is 2.52. The highest BCUT2D eigenvalue weighted by molar-refractivity contribution is 5.88. The molecule has 5 heteroatoms. The van der Waals surface area contributed by atoms with Crippen molar-refractivity contribution in [1.82, 2.24) is 0 Å². The highest BCUT2D eigenvalue weighted by atomic mass is 17.1. The summed E-state index contributed by atoms with van der Waals surface area (Å²) in [4.78, 5) is 27.6. The average molecular weight is 242 g/mol. The zero-order valence-electron chi connectivity index (χ0n) is 10.5. The second-order valence-electron chi connectivity index (χ2n) is 4.83. The van der Waals surface area contributed by atoms with Crippen molar-refractivity contribution in [3.8, 4) is 0 Å². The molecule has 0 aliphatic heterocycles. The van der Waals surface area contributed by atoms with Crippen LogP contribution in [0.1, 0.15) is 27.2 Å². The van der Waals surface area contributed by atoms with Crippen molar-refractivity contribution >= 4 is 11.9 Å². The van der Waals surface area contributed by atoms with Gasteiger partial charge in [0.2, 0.25) is 0 Å². The van der Waals surface area contributed by atoms with Crippen LogP contribution in [0.2, 0.25) is 0 Å². The van der Waals surface area contributed by atoms with Crippen LogP contribution in [0.15, 0.2) is 12.2 Å². The third-order valence-electron chi connectivity index (χ3n) is 4.15. The number of allylic oxidation sites excluding steroid dienone is 2. The van der Waals surface area contributed by atoms with Gasteiger partial charge in [0.1, 0.15) is 0 Å². The van der Waals surface area contributed by atoms with E-state index >= 15 is 0 Å². The summed E-state index contributed by atoms with van der Waals surface area (Å²) in [5.41, 5.74) is -2.20. The number of hydrogen-bond acceptors (Lipinski definition) is 5. The minimum absolute atomic E-state index is 0.187. The molecule has 0 saturated carbocycles. The van der Waals surface area contributed by atoms with Crippen LogP contribution in [0.3, 0.4) is 0 Å². The zero-order chi connectivity index (χ0) is 13.3. The smallest absolute Gasteiger partial charge is 0.349 e. The molecule has 5 nitrogen and oxygen atoms in total. The summed E-state index contributed by atoms with van der Waals surface area (Å²) in [6, 6.07) is 0. The average Bonchev–Trinajstić information content (AvgIpc) is 2.33. The Hall–Kier alpha value is -1.36. The number of esters is 1. The molecular formula is C12H18O5. The SMILES string of the molecule is COC(=O)[C@]1(C)[C@H](C)C=CC[C@]1(C)C(=O)OO. The van der Waals surface area contributed by atoms with Gasteiger partial charge in [-0.3, -0.25) is 4.79 Å². The number of hydrogen-bond donors (Lipinski definition) is 1. The molecule has 3 atom stereocenters. The van der Waals surface area contributed by atoms with Crippen LogP contribution in [0.5, 0.6) is 0 Å². The molecule has 0 amide bonds. The van der Waals surface area contributed by atoms with E-state index in [0.29, 0.717) is 6.42 Å². The maximum Gasteiger partial charge on any atom is 0.349 e. The minimum atomic E-state index is -1.14. The Morgan fingerprint density at radius 3 is 2.41 bits per heavy atom. The van der Waals surface area contributed by atoms with Crippen LogP contribution in [-0.4, -0.2) is 24.3 Å². The summed E-state index contributed by atoms with van der Waals surface area (Å²) in [7, 11) is 1.28. The highest BCUT2D eigenvalue weighted by Gasteiger charge is 2.60. The molecule has 96 valence electrons. The number of carbonyl (C=O) groups is 2. The minimum Gasteiger partial charge on any atom is -0.469 e. The summed E-state index contributed by atoms with van der Waals surface area (Å²) < 4.78 is 4.79. The molecule has 0 aromatic heterocycles. The number of rotatable bonds is 2. The van der Waals surface area contributed by atoms with Crippen LogP contribution in [0, 0.1) is 16.7 Å². The second-order valence-corrected chi connectivity index (χ2v) is 4.83. The first-order chi connectivity index (χ1) is 7.84. The number of carbonyl (C=O) groups excluding carboxylic acids is 2. The predicted molar refractivity (Wildman–Crippen MR) is 59.9 cm³/mol. The second kappa shape index (κ2) is 4.49. The molecule has 0 fully saturated rings. The van der Waals surface area contributed by atoms with Crippen LogP contribution < -0.4 is 0 Å². The largest absolute Gasteiger partial charge is 0.469 e. The first kappa shape index (κ1) is 13.7. The van der Waals surface area contributed by atoms with Gasteiger partial charge < -0.3 is 9.62 Å². The molecule has 1 rings (SSSR count). The van der Waals surface area contributed by atoms with Gasteiger partial charge in [-0.05, 0) is 26.2 Å². The Morgan fingerprint density at radius 1 is 1.35 bits per heavy atom. The van der Waals surface area contributed by atoms with Crippen molar-refractivity contribution in [2.24, 2.45) is 16.7 Å². The van der Waals surface area contributed by atoms with E-state index in [1.807, 2.05) is 19.1 Å². The number of ether oxygens (including phenoxy) is 1. The molecule has 0 aromatic carbocycles. The van der Waals surface area contributed by atoms with Crippen molar-refractivity contribution < 1.29 is 24.5 Å². The molecule has 1 aliphatic carbocycles. The van der Waals surface area contributed by atoms with Crippen LogP contribution >= 0.6 is 0 Å². The molecule has 1 aliphatic rings. The summed E-state index contributed by atoms with van der Waals surface area (Å²) in [5, 5.41) is 8.60. The van der Waals surface area contributed by atoms with Crippen molar-refractivity contribution in [2.45, 2.75) is 27.2 Å². The molecule has 0 aromatic rings. The Kier molecular flexibility index (Phi) is 3.62. The quantitative estimate of drug-likeness (QED) is 0.346. The van der Waals surface area contributed by atoms with Crippen molar-refractivity contribution in [1.29, 1.82) is 0 Å². The standard InChI is InChI=1S/C12H18O5/c1-8-6-5-7-11(2,9(13)17-15)12(8,3)10(14)16-4/h5-6,8,15H,7H2,1-4H3/t8-,11-,12+/m1/s1. The third-order valence-corrected chi connectivity index (χ3v) is 4.15. The van der Waals surface area contributed by atoms with E-state index in [9.17, 15) is 9.59 Å². The fourth-order valence-electron chi connectivity index (χ4n) is 2.43. The van der Waals surface area contributed by atoms with E-state index < -0.39 is 22.8 Å².